The molecular formula is C20H29NO4. The average Bonchev–Trinajstić information content (AvgIpc) is 2.60. The smallest absolute Gasteiger partial charge is 0.227 e. The van der Waals surface area contributed by atoms with Crippen molar-refractivity contribution in [2.75, 3.05) is 40.0 Å². The van der Waals surface area contributed by atoms with E-state index in [1.54, 1.807) is 7.11 Å². The van der Waals surface area contributed by atoms with Crippen molar-refractivity contribution in [3.8, 4) is 5.75 Å². The molecule has 0 radical (unpaired) electrons. The first-order valence-corrected chi connectivity index (χ1v) is 9.26. The van der Waals surface area contributed by atoms with Gasteiger partial charge in [0.25, 0.3) is 0 Å². The van der Waals surface area contributed by atoms with Crippen molar-refractivity contribution in [3.63, 3.8) is 0 Å². The minimum atomic E-state index is -0.112. The van der Waals surface area contributed by atoms with Crippen molar-refractivity contribution in [1.82, 2.24) is 4.90 Å². The second kappa shape index (κ2) is 8.19. The Balaban J connectivity index is 1.48. The fourth-order valence-corrected chi connectivity index (χ4v) is 3.88. The normalized spacial score (nSPS) is 21.8. The summed E-state index contributed by atoms with van der Waals surface area (Å²) in [4.78, 5) is 14.4. The SMILES string of the molecule is CCOCC[C@@H]1CCOC2(C1)CN(C(=O)Cc1cccc(OC)c1)C2. The summed E-state index contributed by atoms with van der Waals surface area (Å²) >= 11 is 0. The van der Waals surface area contributed by atoms with Crippen molar-refractivity contribution in [2.45, 2.75) is 38.2 Å². The standard InChI is InChI=1S/C20H29NO4/c1-3-24-9-7-16-8-10-25-20(13-16)14-21(15-20)19(22)12-17-5-4-6-18(11-17)23-2/h4-6,11,16H,3,7-10,12-15H2,1-2H3/t16-/m1/s1. The van der Waals surface area contributed by atoms with Crippen LogP contribution in [0.1, 0.15) is 31.7 Å². The predicted octanol–water partition coefficient (Wildman–Crippen LogP) is 2.67. The van der Waals surface area contributed by atoms with Crippen LogP contribution in [0.25, 0.3) is 0 Å². The second-order valence-corrected chi connectivity index (χ2v) is 7.15. The molecule has 5 nitrogen and oxygen atoms in total. The molecule has 3 rings (SSSR count). The van der Waals surface area contributed by atoms with Gasteiger partial charge in [-0.1, -0.05) is 12.1 Å². The number of carbonyl (C=O) groups is 1. The first-order chi connectivity index (χ1) is 12.1. The number of ether oxygens (including phenoxy) is 3. The van der Waals surface area contributed by atoms with E-state index in [-0.39, 0.29) is 11.5 Å². The minimum Gasteiger partial charge on any atom is -0.497 e. The highest BCUT2D eigenvalue weighted by Gasteiger charge is 2.48. The molecule has 1 spiro atoms. The summed E-state index contributed by atoms with van der Waals surface area (Å²) in [7, 11) is 1.64. The summed E-state index contributed by atoms with van der Waals surface area (Å²) in [6.07, 6.45) is 3.66. The van der Waals surface area contributed by atoms with Gasteiger partial charge in [0, 0.05) is 19.8 Å². The Kier molecular flexibility index (Phi) is 5.97. The van der Waals surface area contributed by atoms with Crippen LogP contribution >= 0.6 is 0 Å². The van der Waals surface area contributed by atoms with Crippen LogP contribution in [-0.2, 0) is 20.7 Å². The first-order valence-electron chi connectivity index (χ1n) is 9.26. The summed E-state index contributed by atoms with van der Waals surface area (Å²) in [5.74, 6) is 1.60. The van der Waals surface area contributed by atoms with Gasteiger partial charge in [-0.3, -0.25) is 4.79 Å². The highest BCUT2D eigenvalue weighted by Crippen LogP contribution is 2.38. The maximum Gasteiger partial charge on any atom is 0.227 e. The Labute approximate surface area is 150 Å². The molecule has 5 heteroatoms. The van der Waals surface area contributed by atoms with Crippen LogP contribution in [0.2, 0.25) is 0 Å². The van der Waals surface area contributed by atoms with Gasteiger partial charge in [-0.2, -0.15) is 0 Å². The lowest BCUT2D eigenvalue weighted by Crippen LogP contribution is -2.66. The number of carbonyl (C=O) groups excluding carboxylic acids is 1. The van der Waals surface area contributed by atoms with Gasteiger partial charge in [0.2, 0.25) is 5.91 Å². The first kappa shape index (κ1) is 18.2. The lowest BCUT2D eigenvalue weighted by molar-refractivity contribution is -0.188. The molecule has 0 saturated carbocycles. The van der Waals surface area contributed by atoms with Crippen LogP contribution in [0.15, 0.2) is 24.3 Å². The molecule has 0 aromatic heterocycles. The second-order valence-electron chi connectivity index (χ2n) is 7.15. The monoisotopic (exact) mass is 347 g/mol. The van der Waals surface area contributed by atoms with Crippen LogP contribution < -0.4 is 4.74 Å². The van der Waals surface area contributed by atoms with Crippen molar-refractivity contribution in [1.29, 1.82) is 0 Å². The zero-order valence-corrected chi connectivity index (χ0v) is 15.3. The van der Waals surface area contributed by atoms with Crippen molar-refractivity contribution >= 4 is 5.91 Å². The third kappa shape index (κ3) is 4.53. The summed E-state index contributed by atoms with van der Waals surface area (Å²) < 4.78 is 16.8. The fourth-order valence-electron chi connectivity index (χ4n) is 3.88. The molecule has 1 aromatic carbocycles. The lowest BCUT2D eigenvalue weighted by atomic mass is 9.79. The number of rotatable bonds is 7. The van der Waals surface area contributed by atoms with Crippen molar-refractivity contribution in [2.24, 2.45) is 5.92 Å². The highest BCUT2D eigenvalue weighted by molar-refractivity contribution is 5.80. The largest absolute Gasteiger partial charge is 0.497 e. The molecule has 2 aliphatic rings. The topological polar surface area (TPSA) is 48.0 Å². The fraction of sp³-hybridized carbons (Fsp3) is 0.650. The van der Waals surface area contributed by atoms with Crippen LogP contribution in [0.5, 0.6) is 5.75 Å². The van der Waals surface area contributed by atoms with E-state index in [0.29, 0.717) is 12.3 Å². The van der Waals surface area contributed by atoms with Gasteiger partial charge in [-0.15, -0.1) is 0 Å². The Morgan fingerprint density at radius 3 is 3.00 bits per heavy atom. The third-order valence-corrected chi connectivity index (χ3v) is 5.27. The van der Waals surface area contributed by atoms with E-state index in [9.17, 15) is 4.79 Å². The lowest BCUT2D eigenvalue weighted by Gasteiger charge is -2.53. The van der Waals surface area contributed by atoms with E-state index in [0.717, 1.165) is 63.5 Å². The van der Waals surface area contributed by atoms with Gasteiger partial charge < -0.3 is 19.1 Å². The highest BCUT2D eigenvalue weighted by atomic mass is 16.5. The molecule has 1 aromatic rings. The average molecular weight is 347 g/mol. The summed E-state index contributed by atoms with van der Waals surface area (Å²) in [6, 6.07) is 7.71. The van der Waals surface area contributed by atoms with E-state index in [1.165, 1.54) is 0 Å². The van der Waals surface area contributed by atoms with Gasteiger partial charge in [-0.25, -0.2) is 0 Å². The third-order valence-electron chi connectivity index (χ3n) is 5.27. The number of hydrogen-bond donors (Lipinski definition) is 0. The number of benzene rings is 1. The van der Waals surface area contributed by atoms with Crippen LogP contribution in [-0.4, -0.2) is 56.4 Å². The van der Waals surface area contributed by atoms with Gasteiger partial charge in [0.05, 0.1) is 26.6 Å². The summed E-state index contributed by atoms with van der Waals surface area (Å²) in [5.41, 5.74) is 0.878. The molecule has 2 heterocycles. The van der Waals surface area contributed by atoms with Gasteiger partial charge in [0.1, 0.15) is 11.4 Å². The van der Waals surface area contributed by atoms with Crippen LogP contribution in [0, 0.1) is 5.92 Å². The van der Waals surface area contributed by atoms with E-state index >= 15 is 0 Å². The van der Waals surface area contributed by atoms with Gasteiger partial charge in [0.15, 0.2) is 0 Å². The molecule has 138 valence electrons. The molecule has 0 bridgehead atoms. The zero-order chi connectivity index (χ0) is 17.7. The molecule has 25 heavy (non-hydrogen) atoms. The molecule has 1 atom stereocenters. The molecule has 0 unspecified atom stereocenters. The molecule has 2 aliphatic heterocycles. The number of nitrogens with zero attached hydrogens (tertiary/aromatic N) is 1. The number of likely N-dealkylation sites (tertiary alicyclic amines) is 1. The van der Waals surface area contributed by atoms with E-state index in [4.69, 9.17) is 14.2 Å². The molecule has 2 saturated heterocycles. The van der Waals surface area contributed by atoms with E-state index in [1.807, 2.05) is 36.1 Å². The summed E-state index contributed by atoms with van der Waals surface area (Å²) in [5, 5.41) is 0. The zero-order valence-electron chi connectivity index (χ0n) is 15.3. The molecule has 0 aliphatic carbocycles. The maximum absolute atomic E-state index is 12.5. The molecule has 2 fully saturated rings. The minimum absolute atomic E-state index is 0.112. The summed E-state index contributed by atoms with van der Waals surface area (Å²) in [6.45, 7) is 5.89. The number of hydrogen-bond acceptors (Lipinski definition) is 4. The van der Waals surface area contributed by atoms with Crippen LogP contribution in [0.3, 0.4) is 0 Å². The van der Waals surface area contributed by atoms with E-state index < -0.39 is 0 Å². The van der Waals surface area contributed by atoms with E-state index in [2.05, 4.69) is 0 Å². The number of amides is 1. The Hall–Kier alpha value is -1.59. The molecule has 1 amide bonds. The van der Waals surface area contributed by atoms with Crippen LogP contribution in [0.4, 0.5) is 0 Å². The van der Waals surface area contributed by atoms with Crippen molar-refractivity contribution in [3.05, 3.63) is 29.8 Å². The molecular weight excluding hydrogens is 318 g/mol. The Morgan fingerprint density at radius 1 is 1.40 bits per heavy atom. The Bertz CT molecular complexity index is 583. The molecule has 0 N–H and O–H groups in total. The van der Waals surface area contributed by atoms with Crippen molar-refractivity contribution < 1.29 is 19.0 Å². The van der Waals surface area contributed by atoms with Gasteiger partial charge >= 0.3 is 0 Å². The predicted molar refractivity (Wildman–Crippen MR) is 95.8 cm³/mol. The number of methoxy groups -OCH3 is 1. The van der Waals surface area contributed by atoms with Gasteiger partial charge in [-0.05, 0) is 49.8 Å². The maximum atomic E-state index is 12.5. The Morgan fingerprint density at radius 2 is 2.24 bits per heavy atom. The quantitative estimate of drug-likeness (QED) is 0.712.